The maximum absolute atomic E-state index is 13.4. The van der Waals surface area contributed by atoms with Gasteiger partial charge < -0.3 is 9.80 Å². The van der Waals surface area contributed by atoms with Crippen molar-refractivity contribution in [3.8, 4) is 0 Å². The summed E-state index contributed by atoms with van der Waals surface area (Å²) in [7, 11) is 0. The minimum absolute atomic E-state index is 0.0196. The highest BCUT2D eigenvalue weighted by molar-refractivity contribution is 7.13. The molecule has 2 aromatic rings. The number of piperidine rings is 2. The van der Waals surface area contributed by atoms with Crippen molar-refractivity contribution in [2.45, 2.75) is 39.5 Å². The second-order valence-corrected chi connectivity index (χ2v) is 9.00. The van der Waals surface area contributed by atoms with Crippen molar-refractivity contribution in [2.24, 2.45) is 5.41 Å². The smallest absolute Gasteiger partial charge is 0.265 e. The first kappa shape index (κ1) is 19.1. The van der Waals surface area contributed by atoms with Gasteiger partial charge in [-0.05, 0) is 63.8 Å². The molecular weight excluding hydrogens is 377 g/mol. The molecule has 0 aliphatic carbocycles. The third kappa shape index (κ3) is 3.32. The van der Waals surface area contributed by atoms with Crippen molar-refractivity contribution in [3.05, 3.63) is 45.7 Å². The van der Waals surface area contributed by atoms with E-state index in [2.05, 4.69) is 4.98 Å². The quantitative estimate of drug-likeness (QED) is 0.766. The molecule has 4 rings (SSSR count). The SMILES string of the molecule is Cc1nc(C)c(C(=O)N2CCCC3(CCCN(c4ccc(F)cc4)C3=O)C2)s1. The van der Waals surface area contributed by atoms with Crippen molar-refractivity contribution >= 4 is 28.8 Å². The van der Waals surface area contributed by atoms with E-state index >= 15 is 0 Å². The maximum atomic E-state index is 13.4. The second kappa shape index (κ2) is 7.28. The van der Waals surface area contributed by atoms with Gasteiger partial charge >= 0.3 is 0 Å². The Morgan fingerprint density at radius 3 is 2.46 bits per heavy atom. The van der Waals surface area contributed by atoms with Gasteiger partial charge in [-0.2, -0.15) is 0 Å². The average Bonchev–Trinajstić information content (AvgIpc) is 3.03. The van der Waals surface area contributed by atoms with Gasteiger partial charge in [0.05, 0.1) is 16.1 Å². The van der Waals surface area contributed by atoms with E-state index in [-0.39, 0.29) is 17.6 Å². The molecule has 28 heavy (non-hydrogen) atoms. The molecule has 2 aliphatic heterocycles. The summed E-state index contributed by atoms with van der Waals surface area (Å²) in [6.07, 6.45) is 3.26. The molecule has 2 saturated heterocycles. The van der Waals surface area contributed by atoms with Crippen molar-refractivity contribution in [1.82, 2.24) is 9.88 Å². The Labute approximate surface area is 168 Å². The van der Waals surface area contributed by atoms with Crippen LogP contribution >= 0.6 is 11.3 Å². The van der Waals surface area contributed by atoms with Crippen molar-refractivity contribution in [1.29, 1.82) is 0 Å². The van der Waals surface area contributed by atoms with Crippen LogP contribution < -0.4 is 4.90 Å². The van der Waals surface area contributed by atoms with E-state index in [0.717, 1.165) is 42.1 Å². The van der Waals surface area contributed by atoms with E-state index in [4.69, 9.17) is 0 Å². The number of hydrogen-bond donors (Lipinski definition) is 0. The number of aryl methyl sites for hydroxylation is 2. The van der Waals surface area contributed by atoms with Crippen LogP contribution in [-0.4, -0.2) is 41.3 Å². The van der Waals surface area contributed by atoms with Crippen LogP contribution in [0.1, 0.15) is 46.1 Å². The fraction of sp³-hybridized carbons (Fsp3) is 0.476. The zero-order valence-electron chi connectivity index (χ0n) is 16.2. The highest BCUT2D eigenvalue weighted by Gasteiger charge is 2.48. The number of thiazole rings is 1. The number of rotatable bonds is 2. The van der Waals surface area contributed by atoms with Gasteiger partial charge in [0.2, 0.25) is 5.91 Å². The molecule has 148 valence electrons. The lowest BCUT2D eigenvalue weighted by molar-refractivity contribution is -0.133. The first-order valence-corrected chi connectivity index (χ1v) is 10.5. The summed E-state index contributed by atoms with van der Waals surface area (Å²) < 4.78 is 13.3. The average molecular weight is 402 g/mol. The largest absolute Gasteiger partial charge is 0.337 e. The van der Waals surface area contributed by atoms with Crippen LogP contribution in [-0.2, 0) is 4.79 Å². The van der Waals surface area contributed by atoms with E-state index < -0.39 is 5.41 Å². The number of amides is 2. The van der Waals surface area contributed by atoms with E-state index in [9.17, 15) is 14.0 Å². The fourth-order valence-corrected chi connectivity index (χ4v) is 5.38. The number of halogens is 1. The van der Waals surface area contributed by atoms with Crippen molar-refractivity contribution < 1.29 is 14.0 Å². The number of benzene rings is 1. The number of hydrogen-bond acceptors (Lipinski definition) is 4. The van der Waals surface area contributed by atoms with Crippen molar-refractivity contribution in [2.75, 3.05) is 24.5 Å². The highest BCUT2D eigenvalue weighted by atomic mass is 32.1. The number of anilines is 1. The molecule has 5 nitrogen and oxygen atoms in total. The summed E-state index contributed by atoms with van der Waals surface area (Å²) in [6, 6.07) is 6.08. The van der Waals surface area contributed by atoms with Gasteiger partial charge in [0.1, 0.15) is 10.7 Å². The molecule has 0 radical (unpaired) electrons. The Bertz CT molecular complexity index is 907. The third-order valence-corrected chi connectivity index (χ3v) is 6.90. The molecule has 3 heterocycles. The Kier molecular flexibility index (Phi) is 4.95. The monoisotopic (exact) mass is 401 g/mol. The summed E-state index contributed by atoms with van der Waals surface area (Å²) in [5.74, 6) is -0.276. The number of aromatic nitrogens is 1. The lowest BCUT2D eigenvalue weighted by Crippen LogP contribution is -2.57. The van der Waals surface area contributed by atoms with E-state index in [0.29, 0.717) is 24.5 Å². The molecule has 1 unspecified atom stereocenters. The molecule has 2 fully saturated rings. The number of carbonyl (C=O) groups excluding carboxylic acids is 2. The fourth-order valence-electron chi connectivity index (χ4n) is 4.49. The molecule has 1 atom stereocenters. The summed E-state index contributed by atoms with van der Waals surface area (Å²) in [5, 5.41) is 0.879. The summed E-state index contributed by atoms with van der Waals surface area (Å²) in [4.78, 5) is 35.2. The predicted octanol–water partition coefficient (Wildman–Crippen LogP) is 3.95. The summed E-state index contributed by atoms with van der Waals surface area (Å²) in [5.41, 5.74) is 0.937. The standard InChI is InChI=1S/C21H24FN3O2S/c1-14-18(28-15(2)23-14)19(26)24-11-3-9-21(13-24)10-4-12-25(20(21)27)17-7-5-16(22)6-8-17/h5-8H,3-4,9-13H2,1-2H3. The van der Waals surface area contributed by atoms with Crippen LogP contribution in [0.3, 0.4) is 0 Å². The summed E-state index contributed by atoms with van der Waals surface area (Å²) in [6.45, 7) is 5.50. The van der Waals surface area contributed by atoms with Gasteiger partial charge in [-0.3, -0.25) is 9.59 Å². The van der Waals surface area contributed by atoms with Gasteiger partial charge in [-0.1, -0.05) is 0 Å². The van der Waals surface area contributed by atoms with Crippen LogP contribution in [0.25, 0.3) is 0 Å². The molecule has 7 heteroatoms. The highest BCUT2D eigenvalue weighted by Crippen LogP contribution is 2.41. The molecule has 0 bridgehead atoms. The predicted molar refractivity (Wildman–Crippen MR) is 107 cm³/mol. The molecule has 1 aromatic carbocycles. The topological polar surface area (TPSA) is 53.5 Å². The summed E-state index contributed by atoms with van der Waals surface area (Å²) >= 11 is 1.42. The molecule has 1 spiro atoms. The molecule has 0 saturated carbocycles. The van der Waals surface area contributed by atoms with Crippen LogP contribution in [0, 0.1) is 25.1 Å². The van der Waals surface area contributed by atoms with Gasteiger partial charge in [-0.25, -0.2) is 9.37 Å². The van der Waals surface area contributed by atoms with Crippen LogP contribution in [0.2, 0.25) is 0 Å². The minimum atomic E-state index is -0.547. The Morgan fingerprint density at radius 2 is 1.82 bits per heavy atom. The van der Waals surface area contributed by atoms with Gasteiger partial charge in [0.25, 0.3) is 5.91 Å². The zero-order valence-corrected chi connectivity index (χ0v) is 17.0. The molecular formula is C21H24FN3O2S. The van der Waals surface area contributed by atoms with Crippen LogP contribution in [0.5, 0.6) is 0 Å². The van der Waals surface area contributed by atoms with E-state index in [1.807, 2.05) is 18.7 Å². The zero-order chi connectivity index (χ0) is 19.9. The number of carbonyl (C=O) groups is 2. The Hall–Kier alpha value is -2.28. The maximum Gasteiger partial charge on any atom is 0.265 e. The first-order chi connectivity index (χ1) is 13.4. The third-order valence-electron chi connectivity index (χ3n) is 5.84. The van der Waals surface area contributed by atoms with Gasteiger partial charge in [0.15, 0.2) is 0 Å². The van der Waals surface area contributed by atoms with E-state index in [1.165, 1.54) is 23.5 Å². The first-order valence-electron chi connectivity index (χ1n) is 9.70. The lowest BCUT2D eigenvalue weighted by atomic mass is 9.72. The van der Waals surface area contributed by atoms with Crippen molar-refractivity contribution in [3.63, 3.8) is 0 Å². The Balaban J connectivity index is 1.58. The lowest BCUT2D eigenvalue weighted by Gasteiger charge is -2.47. The Morgan fingerprint density at radius 1 is 1.14 bits per heavy atom. The normalized spacial score (nSPS) is 22.8. The minimum Gasteiger partial charge on any atom is -0.337 e. The second-order valence-electron chi connectivity index (χ2n) is 7.79. The van der Waals surface area contributed by atoms with Gasteiger partial charge in [0, 0.05) is 25.3 Å². The van der Waals surface area contributed by atoms with Gasteiger partial charge in [-0.15, -0.1) is 11.3 Å². The number of nitrogens with zero attached hydrogens (tertiary/aromatic N) is 3. The number of likely N-dealkylation sites (tertiary alicyclic amines) is 1. The molecule has 2 amide bonds. The van der Waals surface area contributed by atoms with Crippen LogP contribution in [0.4, 0.5) is 10.1 Å². The van der Waals surface area contributed by atoms with Crippen LogP contribution in [0.15, 0.2) is 24.3 Å². The van der Waals surface area contributed by atoms with E-state index in [1.54, 1.807) is 17.0 Å². The molecule has 2 aliphatic rings. The molecule has 1 aromatic heterocycles. The molecule has 0 N–H and O–H groups in total.